The number of carbonyl (C=O) groups excluding carboxylic acids is 1. The molecule has 0 saturated heterocycles. The fourth-order valence-electron chi connectivity index (χ4n) is 3.03. The molecule has 0 aromatic heterocycles. The molecule has 0 amide bonds. The van der Waals surface area contributed by atoms with Gasteiger partial charge in [0.1, 0.15) is 0 Å². The summed E-state index contributed by atoms with van der Waals surface area (Å²) in [6.45, 7) is 6.70. The quantitative estimate of drug-likeness (QED) is 0.265. The van der Waals surface area contributed by atoms with Gasteiger partial charge >= 0.3 is 5.97 Å². The van der Waals surface area contributed by atoms with Gasteiger partial charge in [0, 0.05) is 7.11 Å². The van der Waals surface area contributed by atoms with E-state index < -0.39 is 0 Å². The summed E-state index contributed by atoms with van der Waals surface area (Å²) < 4.78 is 10.3. The van der Waals surface area contributed by atoms with Gasteiger partial charge in [0.15, 0.2) is 0 Å². The zero-order valence-electron chi connectivity index (χ0n) is 15.2. The number of carbonyl (C=O) groups is 1. The van der Waals surface area contributed by atoms with Crippen LogP contribution in [0.15, 0.2) is 46.9 Å². The molecule has 1 unspecified atom stereocenters. The van der Waals surface area contributed by atoms with Gasteiger partial charge in [0.05, 0.1) is 18.1 Å². The summed E-state index contributed by atoms with van der Waals surface area (Å²) >= 11 is 1.51. The van der Waals surface area contributed by atoms with E-state index >= 15 is 0 Å². The van der Waals surface area contributed by atoms with E-state index in [2.05, 4.69) is 18.7 Å². The van der Waals surface area contributed by atoms with Crippen molar-refractivity contribution in [2.24, 2.45) is 5.92 Å². The minimum atomic E-state index is -0.176. The van der Waals surface area contributed by atoms with Crippen molar-refractivity contribution in [2.45, 2.75) is 39.0 Å². The third-order valence-electron chi connectivity index (χ3n) is 4.11. The molecule has 134 valence electrons. The van der Waals surface area contributed by atoms with Crippen LogP contribution in [-0.4, -0.2) is 32.5 Å². The Kier molecular flexibility index (Phi) is 10.5. The van der Waals surface area contributed by atoms with E-state index in [0.29, 0.717) is 19.1 Å². The second-order valence-electron chi connectivity index (χ2n) is 5.76. The average molecular weight is 351 g/mol. The molecular weight excluding hydrogens is 320 g/mol. The Morgan fingerprint density at radius 3 is 2.83 bits per heavy atom. The molecule has 0 aromatic rings. The van der Waals surface area contributed by atoms with Gasteiger partial charge in [-0.1, -0.05) is 37.3 Å². The maximum atomic E-state index is 12.2. The molecule has 4 heteroatoms. The molecule has 1 fully saturated rings. The number of methoxy groups -OCH3 is 1. The Morgan fingerprint density at radius 1 is 1.42 bits per heavy atom. The normalized spacial score (nSPS) is 21.5. The molecule has 0 radical (unpaired) electrons. The van der Waals surface area contributed by atoms with Gasteiger partial charge in [0.2, 0.25) is 0 Å². The van der Waals surface area contributed by atoms with Gasteiger partial charge in [-0.05, 0) is 55.9 Å². The Bertz CT molecular complexity index is 503. The van der Waals surface area contributed by atoms with Gasteiger partial charge in [0.25, 0.3) is 0 Å². The molecule has 1 aliphatic rings. The van der Waals surface area contributed by atoms with Crippen molar-refractivity contribution in [1.29, 1.82) is 0 Å². The van der Waals surface area contributed by atoms with E-state index in [1.807, 2.05) is 25.3 Å². The van der Waals surface area contributed by atoms with Gasteiger partial charge < -0.3 is 9.47 Å². The van der Waals surface area contributed by atoms with Crippen molar-refractivity contribution < 1.29 is 14.3 Å². The van der Waals surface area contributed by atoms with Crippen molar-refractivity contribution in [3.63, 3.8) is 0 Å². The monoisotopic (exact) mass is 350 g/mol. The SMILES string of the molecule is C=C/C=C(\C=C/COC)C1CCCC/C(=C(\SC)C(=O)OCC)C1. The number of hydrogen-bond acceptors (Lipinski definition) is 4. The minimum Gasteiger partial charge on any atom is -0.462 e. The highest BCUT2D eigenvalue weighted by molar-refractivity contribution is 8.03. The minimum absolute atomic E-state index is 0.176. The average Bonchev–Trinajstić information content (AvgIpc) is 2.81. The van der Waals surface area contributed by atoms with Gasteiger partial charge in [-0.15, -0.1) is 11.8 Å². The first-order valence-electron chi connectivity index (χ1n) is 8.59. The van der Waals surface area contributed by atoms with Crippen LogP contribution in [0.4, 0.5) is 0 Å². The number of allylic oxidation sites excluding steroid dienone is 5. The third-order valence-corrected chi connectivity index (χ3v) is 4.98. The largest absolute Gasteiger partial charge is 0.462 e. The second kappa shape index (κ2) is 12.2. The van der Waals surface area contributed by atoms with Crippen LogP contribution < -0.4 is 0 Å². The van der Waals surface area contributed by atoms with Crippen LogP contribution in [0.3, 0.4) is 0 Å². The molecule has 0 aliphatic heterocycles. The Morgan fingerprint density at radius 2 is 2.21 bits per heavy atom. The van der Waals surface area contributed by atoms with E-state index in [0.717, 1.165) is 30.6 Å². The van der Waals surface area contributed by atoms with Crippen LogP contribution in [0.2, 0.25) is 0 Å². The van der Waals surface area contributed by atoms with Gasteiger partial charge in [-0.3, -0.25) is 0 Å². The molecule has 0 N–H and O–H groups in total. The second-order valence-corrected chi connectivity index (χ2v) is 6.58. The lowest BCUT2D eigenvalue weighted by Gasteiger charge is -2.18. The lowest BCUT2D eigenvalue weighted by molar-refractivity contribution is -0.137. The molecule has 1 atom stereocenters. The number of hydrogen-bond donors (Lipinski definition) is 0. The maximum Gasteiger partial charge on any atom is 0.344 e. The van der Waals surface area contributed by atoms with Gasteiger partial charge in [-0.25, -0.2) is 4.79 Å². The fraction of sp³-hybridized carbons (Fsp3) is 0.550. The van der Waals surface area contributed by atoms with E-state index in [1.54, 1.807) is 7.11 Å². The maximum absolute atomic E-state index is 12.2. The summed E-state index contributed by atoms with van der Waals surface area (Å²) in [6.07, 6.45) is 15.3. The van der Waals surface area contributed by atoms with Crippen LogP contribution in [-0.2, 0) is 14.3 Å². The predicted octanol–water partition coefficient (Wildman–Crippen LogP) is 5.06. The molecule has 0 bridgehead atoms. The van der Waals surface area contributed by atoms with Crippen LogP contribution in [0.5, 0.6) is 0 Å². The molecule has 1 rings (SSSR count). The van der Waals surface area contributed by atoms with Crippen LogP contribution in [0.1, 0.15) is 39.0 Å². The highest BCUT2D eigenvalue weighted by Gasteiger charge is 2.23. The third kappa shape index (κ3) is 6.70. The van der Waals surface area contributed by atoms with E-state index in [4.69, 9.17) is 9.47 Å². The molecule has 1 aliphatic carbocycles. The smallest absolute Gasteiger partial charge is 0.344 e. The van der Waals surface area contributed by atoms with E-state index in [9.17, 15) is 4.79 Å². The first kappa shape index (κ1) is 20.8. The number of ether oxygens (including phenoxy) is 2. The van der Waals surface area contributed by atoms with Crippen LogP contribution >= 0.6 is 11.8 Å². The van der Waals surface area contributed by atoms with E-state index in [1.165, 1.54) is 29.3 Å². The fourth-order valence-corrected chi connectivity index (χ4v) is 3.73. The molecule has 0 spiro atoms. The van der Waals surface area contributed by atoms with Crippen LogP contribution in [0, 0.1) is 5.92 Å². The summed E-state index contributed by atoms with van der Waals surface area (Å²) in [5.41, 5.74) is 2.49. The van der Waals surface area contributed by atoms with Crippen molar-refractivity contribution in [3.8, 4) is 0 Å². The van der Waals surface area contributed by atoms with Crippen molar-refractivity contribution >= 4 is 17.7 Å². The van der Waals surface area contributed by atoms with Crippen molar-refractivity contribution in [2.75, 3.05) is 26.6 Å². The number of rotatable bonds is 8. The number of esters is 1. The van der Waals surface area contributed by atoms with Crippen molar-refractivity contribution in [1.82, 2.24) is 0 Å². The standard InChI is InChI=1S/C20H30O3S/c1-5-10-16(13-9-14-22-3)17-11-7-8-12-18(15-17)19(24-4)20(21)23-6-2/h5,9-10,13,17H,1,6-8,11-12,14-15H2,2-4H3/b13-9-,16-10+,19-18+. The van der Waals surface area contributed by atoms with Gasteiger partial charge in [-0.2, -0.15) is 0 Å². The lowest BCUT2D eigenvalue weighted by atomic mass is 9.89. The summed E-state index contributed by atoms with van der Waals surface area (Å²) in [5.74, 6) is 0.231. The zero-order valence-corrected chi connectivity index (χ0v) is 16.0. The molecule has 3 nitrogen and oxygen atoms in total. The molecule has 24 heavy (non-hydrogen) atoms. The molecule has 1 saturated carbocycles. The highest BCUT2D eigenvalue weighted by atomic mass is 32.2. The Hall–Kier alpha value is -1.26. The summed E-state index contributed by atoms with van der Waals surface area (Å²) in [6, 6.07) is 0. The predicted molar refractivity (Wildman–Crippen MR) is 103 cm³/mol. The summed E-state index contributed by atoms with van der Waals surface area (Å²) in [5, 5.41) is 0. The first-order chi connectivity index (χ1) is 11.7. The topological polar surface area (TPSA) is 35.5 Å². The lowest BCUT2D eigenvalue weighted by Crippen LogP contribution is -2.10. The van der Waals surface area contributed by atoms with E-state index in [-0.39, 0.29) is 5.97 Å². The van der Waals surface area contributed by atoms with Crippen molar-refractivity contribution in [3.05, 3.63) is 46.9 Å². The Balaban J connectivity index is 3.05. The molecular formula is C20H30O3S. The first-order valence-corrected chi connectivity index (χ1v) is 9.81. The highest BCUT2D eigenvalue weighted by Crippen LogP contribution is 2.36. The summed E-state index contributed by atoms with van der Waals surface area (Å²) in [7, 11) is 1.69. The summed E-state index contributed by atoms with van der Waals surface area (Å²) in [4.78, 5) is 13.0. The van der Waals surface area contributed by atoms with Crippen LogP contribution in [0.25, 0.3) is 0 Å². The Labute approximate surface area is 150 Å². The molecule has 0 heterocycles. The molecule has 0 aromatic carbocycles. The zero-order chi connectivity index (χ0) is 17.8. The number of thioether (sulfide) groups is 1.